The van der Waals surface area contributed by atoms with Gasteiger partial charge in [0.15, 0.2) is 0 Å². The fraction of sp³-hybridized carbons (Fsp3) is 0.111. The lowest BCUT2D eigenvalue weighted by molar-refractivity contribution is -0.113. The fourth-order valence-electron chi connectivity index (χ4n) is 2.67. The molecule has 1 heterocycles. The van der Waals surface area contributed by atoms with E-state index in [9.17, 15) is 14.0 Å². The van der Waals surface area contributed by atoms with Crippen LogP contribution in [0.1, 0.15) is 18.5 Å². The summed E-state index contributed by atoms with van der Waals surface area (Å²) in [5, 5.41) is 8.12. The average molecular weight is 404 g/mol. The van der Waals surface area contributed by atoms with Crippen molar-refractivity contribution in [3.8, 4) is 0 Å². The van der Waals surface area contributed by atoms with Crippen LogP contribution in [-0.4, -0.2) is 11.9 Å². The second-order valence-electron chi connectivity index (χ2n) is 5.55. The van der Waals surface area contributed by atoms with E-state index < -0.39 is 6.04 Å². The maximum absolute atomic E-state index is 13.0. The molecule has 0 saturated carbocycles. The molecule has 7 heteroatoms. The van der Waals surface area contributed by atoms with Gasteiger partial charge in [-0.25, -0.2) is 9.18 Å². The van der Waals surface area contributed by atoms with Crippen LogP contribution in [0.3, 0.4) is 0 Å². The monoisotopic (exact) mass is 403 g/mol. The van der Waals surface area contributed by atoms with Gasteiger partial charge in [0.25, 0.3) is 5.91 Å². The number of halogens is 2. The van der Waals surface area contributed by atoms with Gasteiger partial charge in [0.2, 0.25) is 0 Å². The minimum Gasteiger partial charge on any atom is -0.327 e. The van der Waals surface area contributed by atoms with Gasteiger partial charge < -0.3 is 16.0 Å². The summed E-state index contributed by atoms with van der Waals surface area (Å²) in [6.45, 7) is 1.67. The molecule has 3 rings (SSSR count). The number of nitrogens with one attached hydrogen (secondary N) is 3. The Kier molecular flexibility index (Phi) is 4.85. The molecule has 0 bridgehead atoms. The van der Waals surface area contributed by atoms with Gasteiger partial charge in [0, 0.05) is 15.9 Å². The predicted molar refractivity (Wildman–Crippen MR) is 96.3 cm³/mol. The predicted octanol–water partition coefficient (Wildman–Crippen LogP) is 3.85. The van der Waals surface area contributed by atoms with Crippen LogP contribution in [0.25, 0.3) is 0 Å². The first-order chi connectivity index (χ1) is 12.0. The molecule has 0 spiro atoms. The molecule has 1 aliphatic heterocycles. The zero-order chi connectivity index (χ0) is 18.0. The molecule has 25 heavy (non-hydrogen) atoms. The summed E-state index contributed by atoms with van der Waals surface area (Å²) < 4.78 is 13.8. The van der Waals surface area contributed by atoms with Crippen LogP contribution in [-0.2, 0) is 4.79 Å². The summed E-state index contributed by atoms with van der Waals surface area (Å²) in [6, 6.07) is 11.9. The van der Waals surface area contributed by atoms with Crippen molar-refractivity contribution in [2.45, 2.75) is 13.0 Å². The van der Waals surface area contributed by atoms with Crippen LogP contribution in [0.5, 0.6) is 0 Å². The Bertz CT molecular complexity index is 865. The zero-order valence-corrected chi connectivity index (χ0v) is 14.9. The first-order valence-corrected chi connectivity index (χ1v) is 8.34. The maximum Gasteiger partial charge on any atom is 0.319 e. The molecule has 3 N–H and O–H groups in total. The van der Waals surface area contributed by atoms with Crippen molar-refractivity contribution in [2.75, 3.05) is 5.32 Å². The van der Waals surface area contributed by atoms with Crippen LogP contribution in [0.4, 0.5) is 14.9 Å². The Morgan fingerprint density at radius 2 is 1.84 bits per heavy atom. The molecule has 0 fully saturated rings. The largest absolute Gasteiger partial charge is 0.327 e. The highest BCUT2D eigenvalue weighted by Crippen LogP contribution is 2.32. The lowest BCUT2D eigenvalue weighted by Crippen LogP contribution is -2.46. The summed E-state index contributed by atoms with van der Waals surface area (Å²) >= 11 is 3.46. The Morgan fingerprint density at radius 3 is 2.52 bits per heavy atom. The summed E-state index contributed by atoms with van der Waals surface area (Å²) in [7, 11) is 0. The standard InChI is InChI=1S/C18H15BrFN3O2/c1-10-15(17(24)22-12-8-6-11(20)7-9-12)16(23-18(25)21-10)13-4-2-3-5-14(13)19/h2-9,16H,1H3,(H,22,24)(H2,21,23,25). The summed E-state index contributed by atoms with van der Waals surface area (Å²) in [5.41, 5.74) is 2.08. The molecule has 0 saturated heterocycles. The van der Waals surface area contributed by atoms with Gasteiger partial charge in [0.1, 0.15) is 5.82 Å². The Morgan fingerprint density at radius 1 is 1.16 bits per heavy atom. The number of allylic oxidation sites excluding steroid dienone is 1. The van der Waals surface area contributed by atoms with Crippen LogP contribution >= 0.6 is 15.9 Å². The van der Waals surface area contributed by atoms with Crippen LogP contribution in [0.2, 0.25) is 0 Å². The minimum absolute atomic E-state index is 0.377. The van der Waals surface area contributed by atoms with Gasteiger partial charge in [-0.3, -0.25) is 4.79 Å². The van der Waals surface area contributed by atoms with Gasteiger partial charge in [-0.05, 0) is 42.8 Å². The molecule has 0 aromatic heterocycles. The Balaban J connectivity index is 1.96. The summed E-state index contributed by atoms with van der Waals surface area (Å²) in [4.78, 5) is 24.7. The zero-order valence-electron chi connectivity index (χ0n) is 13.3. The second kappa shape index (κ2) is 7.06. The van der Waals surface area contributed by atoms with Crippen LogP contribution in [0.15, 0.2) is 64.3 Å². The molecule has 0 aliphatic carbocycles. The highest BCUT2D eigenvalue weighted by Gasteiger charge is 2.32. The lowest BCUT2D eigenvalue weighted by atomic mass is 9.95. The van der Waals surface area contributed by atoms with E-state index in [2.05, 4.69) is 31.9 Å². The number of benzene rings is 2. The molecule has 128 valence electrons. The maximum atomic E-state index is 13.0. The number of hydrogen-bond donors (Lipinski definition) is 3. The minimum atomic E-state index is -0.607. The van der Waals surface area contributed by atoms with Crippen molar-refractivity contribution < 1.29 is 14.0 Å². The van der Waals surface area contributed by atoms with E-state index in [1.165, 1.54) is 24.3 Å². The van der Waals surface area contributed by atoms with E-state index in [4.69, 9.17) is 0 Å². The molecular weight excluding hydrogens is 389 g/mol. The first-order valence-electron chi connectivity index (χ1n) is 7.55. The summed E-state index contributed by atoms with van der Waals surface area (Å²) in [5.74, 6) is -0.761. The third kappa shape index (κ3) is 3.71. The van der Waals surface area contributed by atoms with Gasteiger partial charge in [-0.1, -0.05) is 34.1 Å². The normalized spacial score (nSPS) is 16.9. The van der Waals surface area contributed by atoms with Crippen molar-refractivity contribution in [3.05, 3.63) is 75.7 Å². The molecule has 3 amide bonds. The number of anilines is 1. The van der Waals surface area contributed by atoms with E-state index >= 15 is 0 Å². The van der Waals surface area contributed by atoms with Crippen LogP contribution < -0.4 is 16.0 Å². The molecule has 5 nitrogen and oxygen atoms in total. The van der Waals surface area contributed by atoms with Crippen molar-refractivity contribution in [1.82, 2.24) is 10.6 Å². The Hall–Kier alpha value is -2.67. The van der Waals surface area contributed by atoms with Crippen molar-refractivity contribution in [3.63, 3.8) is 0 Å². The Labute approximate surface area is 152 Å². The van der Waals surface area contributed by atoms with E-state index in [-0.39, 0.29) is 17.8 Å². The topological polar surface area (TPSA) is 70.2 Å². The van der Waals surface area contributed by atoms with Gasteiger partial charge >= 0.3 is 6.03 Å². The number of rotatable bonds is 3. The smallest absolute Gasteiger partial charge is 0.319 e. The van der Waals surface area contributed by atoms with Gasteiger partial charge in [0.05, 0.1) is 11.6 Å². The van der Waals surface area contributed by atoms with Gasteiger partial charge in [-0.2, -0.15) is 0 Å². The highest BCUT2D eigenvalue weighted by molar-refractivity contribution is 9.10. The molecule has 0 radical (unpaired) electrons. The average Bonchev–Trinajstić information content (AvgIpc) is 2.56. The fourth-order valence-corrected chi connectivity index (χ4v) is 3.18. The number of urea groups is 1. The SMILES string of the molecule is CC1=C(C(=O)Nc2ccc(F)cc2)C(c2ccccc2Br)NC(=O)N1. The number of amides is 3. The lowest BCUT2D eigenvalue weighted by Gasteiger charge is -2.29. The molecule has 1 atom stereocenters. The van der Waals surface area contributed by atoms with Crippen molar-refractivity contribution in [1.29, 1.82) is 0 Å². The summed E-state index contributed by atoms with van der Waals surface area (Å²) in [6.07, 6.45) is 0. The van der Waals surface area contributed by atoms with E-state index in [1.807, 2.05) is 24.3 Å². The quantitative estimate of drug-likeness (QED) is 0.728. The number of carbonyl (C=O) groups excluding carboxylic acids is 2. The van der Waals surface area contributed by atoms with Crippen molar-refractivity contribution >= 4 is 33.6 Å². The molecule has 1 unspecified atom stereocenters. The second-order valence-corrected chi connectivity index (χ2v) is 6.41. The first kappa shape index (κ1) is 17.2. The molecule has 2 aromatic carbocycles. The van der Waals surface area contributed by atoms with Gasteiger partial charge in [-0.15, -0.1) is 0 Å². The third-order valence-electron chi connectivity index (χ3n) is 3.83. The molecule has 1 aliphatic rings. The van der Waals surface area contributed by atoms with E-state index in [0.29, 0.717) is 17.0 Å². The highest BCUT2D eigenvalue weighted by atomic mass is 79.9. The molecule has 2 aromatic rings. The number of hydrogen-bond acceptors (Lipinski definition) is 2. The van der Waals surface area contributed by atoms with Crippen molar-refractivity contribution in [2.24, 2.45) is 0 Å². The van der Waals surface area contributed by atoms with E-state index in [0.717, 1.165) is 10.0 Å². The van der Waals surface area contributed by atoms with E-state index in [1.54, 1.807) is 6.92 Å². The molecular formula is C18H15BrFN3O2. The number of carbonyl (C=O) groups is 2. The van der Waals surface area contributed by atoms with Crippen LogP contribution in [0, 0.1) is 5.82 Å². The third-order valence-corrected chi connectivity index (χ3v) is 4.55.